The van der Waals surface area contributed by atoms with Gasteiger partial charge in [-0.2, -0.15) is 0 Å². The molecule has 5 nitrogen and oxygen atoms in total. The minimum absolute atomic E-state index is 0. The van der Waals surface area contributed by atoms with Crippen LogP contribution in [0.1, 0.15) is 16.7 Å². The molecule has 0 aromatic heterocycles. The third kappa shape index (κ3) is 9.10. The number of nitrogens with one attached hydrogen (secondary N) is 2. The zero-order chi connectivity index (χ0) is 18.8. The Morgan fingerprint density at radius 1 is 0.963 bits per heavy atom. The first-order chi connectivity index (χ1) is 12.6. The molecule has 0 saturated heterocycles. The van der Waals surface area contributed by atoms with Gasteiger partial charge < -0.3 is 20.3 Å². The summed E-state index contributed by atoms with van der Waals surface area (Å²) in [4.78, 5) is 6.41. The highest BCUT2D eigenvalue weighted by Crippen LogP contribution is 2.10. The second-order valence-electron chi connectivity index (χ2n) is 6.57. The quantitative estimate of drug-likeness (QED) is 0.262. The summed E-state index contributed by atoms with van der Waals surface area (Å²) < 4.78 is 5.71. The summed E-state index contributed by atoms with van der Waals surface area (Å²) in [5, 5.41) is 6.59. The van der Waals surface area contributed by atoms with E-state index in [-0.39, 0.29) is 24.0 Å². The molecule has 0 aliphatic rings. The maximum atomic E-state index is 5.71. The zero-order valence-electron chi connectivity index (χ0n) is 16.7. The molecule has 0 saturated carbocycles. The molecule has 2 rings (SSSR count). The number of hydrogen-bond acceptors (Lipinski definition) is 3. The highest BCUT2D eigenvalue weighted by Gasteiger charge is 2.00. The van der Waals surface area contributed by atoms with E-state index in [1.807, 2.05) is 24.3 Å². The van der Waals surface area contributed by atoms with E-state index in [4.69, 9.17) is 4.74 Å². The smallest absolute Gasteiger partial charge is 0.191 e. The first-order valence-electron chi connectivity index (χ1n) is 8.93. The third-order valence-electron chi connectivity index (χ3n) is 3.89. The van der Waals surface area contributed by atoms with Crippen LogP contribution in [0.25, 0.3) is 0 Å². The van der Waals surface area contributed by atoms with E-state index >= 15 is 0 Å². The molecule has 2 aromatic carbocycles. The molecule has 0 radical (unpaired) electrons. The number of halogens is 1. The van der Waals surface area contributed by atoms with Crippen molar-refractivity contribution in [3.8, 4) is 5.75 Å². The number of guanidine groups is 1. The summed E-state index contributed by atoms with van der Waals surface area (Å²) in [5.41, 5.74) is 3.77. The molecule has 0 heterocycles. The van der Waals surface area contributed by atoms with E-state index in [0.717, 1.165) is 24.8 Å². The highest BCUT2D eigenvalue weighted by molar-refractivity contribution is 14.0. The van der Waals surface area contributed by atoms with Crippen molar-refractivity contribution in [1.82, 2.24) is 15.5 Å². The summed E-state index contributed by atoms with van der Waals surface area (Å²) in [6.07, 6.45) is 0. The van der Waals surface area contributed by atoms with Gasteiger partial charge in [0.1, 0.15) is 12.4 Å². The molecule has 0 aliphatic carbocycles. The molecule has 0 amide bonds. The minimum atomic E-state index is 0. The topological polar surface area (TPSA) is 48.9 Å². The Kier molecular flexibility index (Phi) is 10.8. The van der Waals surface area contributed by atoms with Gasteiger partial charge in [-0.15, -0.1) is 24.0 Å². The first-order valence-corrected chi connectivity index (χ1v) is 8.93. The molecule has 0 aliphatic heterocycles. The SMILES string of the molecule is CN=C(NCCOc1ccc(C)cc1)NCc1ccc(CN(C)C)cc1.I. The van der Waals surface area contributed by atoms with Crippen molar-refractivity contribution in [3.63, 3.8) is 0 Å². The van der Waals surface area contributed by atoms with Crippen LogP contribution in [0.4, 0.5) is 0 Å². The van der Waals surface area contributed by atoms with E-state index in [9.17, 15) is 0 Å². The molecule has 0 atom stereocenters. The fourth-order valence-corrected chi connectivity index (χ4v) is 2.51. The summed E-state index contributed by atoms with van der Waals surface area (Å²) in [6, 6.07) is 16.7. The number of hydrogen-bond donors (Lipinski definition) is 2. The van der Waals surface area contributed by atoms with Gasteiger partial charge in [0.15, 0.2) is 5.96 Å². The van der Waals surface area contributed by atoms with Gasteiger partial charge in [0.2, 0.25) is 0 Å². The van der Waals surface area contributed by atoms with Crippen molar-refractivity contribution in [2.75, 3.05) is 34.3 Å². The van der Waals surface area contributed by atoms with Crippen molar-refractivity contribution in [1.29, 1.82) is 0 Å². The number of benzene rings is 2. The van der Waals surface area contributed by atoms with Crippen LogP contribution in [0, 0.1) is 6.92 Å². The Balaban J connectivity index is 0.00000364. The lowest BCUT2D eigenvalue weighted by atomic mass is 10.1. The lowest BCUT2D eigenvalue weighted by molar-refractivity contribution is 0.322. The van der Waals surface area contributed by atoms with Gasteiger partial charge in [0, 0.05) is 20.1 Å². The molecule has 0 spiro atoms. The van der Waals surface area contributed by atoms with Crippen LogP contribution in [0.15, 0.2) is 53.5 Å². The summed E-state index contributed by atoms with van der Waals surface area (Å²) in [7, 11) is 5.93. The summed E-state index contributed by atoms with van der Waals surface area (Å²) >= 11 is 0. The fourth-order valence-electron chi connectivity index (χ4n) is 2.51. The number of rotatable bonds is 8. The maximum absolute atomic E-state index is 5.71. The number of ether oxygens (including phenoxy) is 1. The molecule has 0 bridgehead atoms. The predicted molar refractivity (Wildman–Crippen MR) is 124 cm³/mol. The minimum Gasteiger partial charge on any atom is -0.492 e. The van der Waals surface area contributed by atoms with Crippen LogP contribution < -0.4 is 15.4 Å². The Morgan fingerprint density at radius 3 is 2.19 bits per heavy atom. The number of aryl methyl sites for hydroxylation is 1. The largest absolute Gasteiger partial charge is 0.492 e. The fraction of sp³-hybridized carbons (Fsp3) is 0.381. The van der Waals surface area contributed by atoms with Gasteiger partial charge in [-0.05, 0) is 44.3 Å². The zero-order valence-corrected chi connectivity index (χ0v) is 19.0. The number of nitrogens with zero attached hydrogens (tertiary/aromatic N) is 2. The normalized spacial score (nSPS) is 11.1. The van der Waals surface area contributed by atoms with Crippen molar-refractivity contribution < 1.29 is 4.74 Å². The molecular weight excluding hydrogens is 451 g/mol. The van der Waals surface area contributed by atoms with E-state index in [1.165, 1.54) is 16.7 Å². The molecule has 6 heteroatoms. The average molecular weight is 482 g/mol. The van der Waals surface area contributed by atoms with Gasteiger partial charge >= 0.3 is 0 Å². The van der Waals surface area contributed by atoms with Crippen LogP contribution in [0.3, 0.4) is 0 Å². The van der Waals surface area contributed by atoms with Crippen LogP contribution in [0.2, 0.25) is 0 Å². The van der Waals surface area contributed by atoms with E-state index in [1.54, 1.807) is 7.05 Å². The molecule has 148 valence electrons. The Morgan fingerprint density at radius 2 is 1.59 bits per heavy atom. The second kappa shape index (κ2) is 12.6. The standard InChI is InChI=1S/C21H30N4O.HI/c1-17-5-11-20(12-6-17)26-14-13-23-21(22-2)24-15-18-7-9-19(10-8-18)16-25(3)4;/h5-12H,13-16H2,1-4H3,(H2,22,23,24);1H. The van der Waals surface area contributed by atoms with Gasteiger partial charge in [0.05, 0.1) is 6.54 Å². The summed E-state index contributed by atoms with van der Waals surface area (Å²) in [5.74, 6) is 1.66. The molecule has 2 N–H and O–H groups in total. The maximum Gasteiger partial charge on any atom is 0.191 e. The van der Waals surface area contributed by atoms with E-state index in [0.29, 0.717) is 13.2 Å². The second-order valence-corrected chi connectivity index (χ2v) is 6.57. The average Bonchev–Trinajstić information content (AvgIpc) is 2.63. The molecule has 0 fully saturated rings. The van der Waals surface area contributed by atoms with Crippen LogP contribution in [-0.2, 0) is 13.1 Å². The van der Waals surface area contributed by atoms with Crippen molar-refractivity contribution in [2.45, 2.75) is 20.0 Å². The van der Waals surface area contributed by atoms with Crippen LogP contribution in [0.5, 0.6) is 5.75 Å². The molecular formula is C21H31IN4O. The lowest BCUT2D eigenvalue weighted by Gasteiger charge is -2.13. The van der Waals surface area contributed by atoms with Gasteiger partial charge in [0.25, 0.3) is 0 Å². The van der Waals surface area contributed by atoms with Gasteiger partial charge in [-0.1, -0.05) is 42.0 Å². The molecule has 2 aromatic rings. The van der Waals surface area contributed by atoms with Gasteiger partial charge in [-0.25, -0.2) is 0 Å². The van der Waals surface area contributed by atoms with Crippen molar-refractivity contribution in [2.24, 2.45) is 4.99 Å². The van der Waals surface area contributed by atoms with E-state index < -0.39 is 0 Å². The Hall–Kier alpha value is -1.80. The van der Waals surface area contributed by atoms with Crippen LogP contribution in [-0.4, -0.2) is 45.2 Å². The summed E-state index contributed by atoms with van der Waals surface area (Å²) in [6.45, 7) is 5.04. The lowest BCUT2D eigenvalue weighted by Crippen LogP contribution is -2.38. The van der Waals surface area contributed by atoms with E-state index in [2.05, 4.69) is 65.8 Å². The predicted octanol–water partition coefficient (Wildman–Crippen LogP) is 3.42. The molecule has 0 unspecified atom stereocenters. The first kappa shape index (κ1) is 23.2. The highest BCUT2D eigenvalue weighted by atomic mass is 127. The third-order valence-corrected chi connectivity index (χ3v) is 3.89. The number of aliphatic imine (C=N–C) groups is 1. The molecule has 27 heavy (non-hydrogen) atoms. The van der Waals surface area contributed by atoms with Crippen molar-refractivity contribution in [3.05, 3.63) is 65.2 Å². The monoisotopic (exact) mass is 482 g/mol. The van der Waals surface area contributed by atoms with Gasteiger partial charge in [-0.3, -0.25) is 4.99 Å². The van der Waals surface area contributed by atoms with Crippen molar-refractivity contribution >= 4 is 29.9 Å². The Bertz CT molecular complexity index is 684. The Labute approximate surface area is 180 Å². The van der Waals surface area contributed by atoms with Crippen LogP contribution >= 0.6 is 24.0 Å².